The van der Waals surface area contributed by atoms with E-state index in [1.54, 1.807) is 0 Å². The lowest BCUT2D eigenvalue weighted by Crippen LogP contribution is -2.42. The van der Waals surface area contributed by atoms with E-state index < -0.39 is 11.9 Å². The summed E-state index contributed by atoms with van der Waals surface area (Å²) in [5.41, 5.74) is -0.976. The molecule has 1 fully saturated rings. The van der Waals surface area contributed by atoms with E-state index in [1.807, 2.05) is 0 Å². The zero-order chi connectivity index (χ0) is 14.8. The zero-order valence-corrected chi connectivity index (χ0v) is 11.3. The Hall–Kier alpha value is -1.53. The summed E-state index contributed by atoms with van der Waals surface area (Å²) in [5.74, 6) is 0.122. The van der Waals surface area contributed by atoms with Gasteiger partial charge in [-0.15, -0.1) is 0 Å². The molecular formula is C13H18F3N3O. The van der Waals surface area contributed by atoms with Crippen molar-refractivity contribution in [2.45, 2.75) is 51.4 Å². The molecule has 0 aromatic carbocycles. The van der Waals surface area contributed by atoms with Crippen LogP contribution in [0, 0.1) is 5.92 Å². The van der Waals surface area contributed by atoms with Gasteiger partial charge in [0.15, 0.2) is 5.69 Å². The van der Waals surface area contributed by atoms with Crippen LogP contribution < -0.4 is 5.32 Å². The highest BCUT2D eigenvalue weighted by molar-refractivity contribution is 5.76. The summed E-state index contributed by atoms with van der Waals surface area (Å²) >= 11 is 0. The maximum absolute atomic E-state index is 12.4. The Kier molecular flexibility index (Phi) is 4.35. The molecule has 2 atom stereocenters. The first-order chi connectivity index (χ1) is 9.36. The third-order valence-electron chi connectivity index (χ3n) is 3.69. The van der Waals surface area contributed by atoms with E-state index >= 15 is 0 Å². The molecule has 1 aromatic rings. The van der Waals surface area contributed by atoms with Gasteiger partial charge in [-0.05, 0) is 24.8 Å². The second kappa shape index (κ2) is 5.85. The Bertz CT molecular complexity index is 470. The first kappa shape index (κ1) is 14.9. The average molecular weight is 289 g/mol. The summed E-state index contributed by atoms with van der Waals surface area (Å²) in [7, 11) is 0. The van der Waals surface area contributed by atoms with Crippen molar-refractivity contribution in [3.05, 3.63) is 18.0 Å². The van der Waals surface area contributed by atoms with Gasteiger partial charge >= 0.3 is 6.18 Å². The number of carbonyl (C=O) groups excluding carboxylic acids is 1. The number of aromatic nitrogens is 2. The molecule has 0 spiro atoms. The van der Waals surface area contributed by atoms with Gasteiger partial charge in [-0.3, -0.25) is 9.48 Å². The van der Waals surface area contributed by atoms with Gasteiger partial charge in [0.25, 0.3) is 0 Å². The second-order valence-corrected chi connectivity index (χ2v) is 5.33. The molecule has 1 aliphatic carbocycles. The van der Waals surface area contributed by atoms with Gasteiger partial charge in [-0.1, -0.05) is 19.8 Å². The van der Waals surface area contributed by atoms with Crippen molar-refractivity contribution in [2.75, 3.05) is 0 Å². The standard InChI is InChI=1S/C13H18F3N3O/c1-9-4-2-3-5-10(9)17-12(20)8-19-7-6-11(18-19)13(14,15)16/h6-7,9-10H,2-5,8H2,1H3,(H,17,20)/t9-,10+/m0/s1. The fourth-order valence-electron chi connectivity index (χ4n) is 2.53. The number of nitrogens with zero attached hydrogens (tertiary/aromatic N) is 2. The molecule has 1 aromatic heterocycles. The van der Waals surface area contributed by atoms with Crippen LogP contribution in [0.5, 0.6) is 0 Å². The number of hydrogen-bond donors (Lipinski definition) is 1. The van der Waals surface area contributed by atoms with Crippen LogP contribution >= 0.6 is 0 Å². The van der Waals surface area contributed by atoms with Gasteiger partial charge in [-0.2, -0.15) is 18.3 Å². The van der Waals surface area contributed by atoms with Crippen molar-refractivity contribution in [2.24, 2.45) is 5.92 Å². The molecule has 1 saturated carbocycles. The smallest absolute Gasteiger partial charge is 0.351 e. The molecule has 0 radical (unpaired) electrons. The van der Waals surface area contributed by atoms with Gasteiger partial charge in [0, 0.05) is 12.2 Å². The molecule has 1 amide bonds. The molecule has 0 aliphatic heterocycles. The van der Waals surface area contributed by atoms with E-state index in [-0.39, 0.29) is 18.5 Å². The molecular weight excluding hydrogens is 271 g/mol. The summed E-state index contributed by atoms with van der Waals surface area (Å²) in [6.07, 6.45) is 0.952. The van der Waals surface area contributed by atoms with Crippen molar-refractivity contribution in [1.29, 1.82) is 0 Å². The normalized spacial score (nSPS) is 23.6. The number of carbonyl (C=O) groups is 1. The van der Waals surface area contributed by atoms with Crippen LogP contribution in [-0.4, -0.2) is 21.7 Å². The maximum atomic E-state index is 12.4. The number of hydrogen-bond acceptors (Lipinski definition) is 2. The molecule has 4 nitrogen and oxygen atoms in total. The number of nitrogens with one attached hydrogen (secondary N) is 1. The predicted molar refractivity (Wildman–Crippen MR) is 66.8 cm³/mol. The third kappa shape index (κ3) is 3.74. The van der Waals surface area contributed by atoms with Crippen LogP contribution in [0.25, 0.3) is 0 Å². The lowest BCUT2D eigenvalue weighted by molar-refractivity contribution is -0.141. The van der Waals surface area contributed by atoms with Crippen LogP contribution in [0.3, 0.4) is 0 Å². The molecule has 1 heterocycles. The van der Waals surface area contributed by atoms with Crippen LogP contribution in [-0.2, 0) is 17.5 Å². The van der Waals surface area contributed by atoms with Crippen molar-refractivity contribution < 1.29 is 18.0 Å². The van der Waals surface area contributed by atoms with E-state index in [1.165, 1.54) is 12.6 Å². The monoisotopic (exact) mass is 289 g/mol. The molecule has 112 valence electrons. The quantitative estimate of drug-likeness (QED) is 0.929. The van der Waals surface area contributed by atoms with E-state index in [9.17, 15) is 18.0 Å². The van der Waals surface area contributed by atoms with Crippen molar-refractivity contribution >= 4 is 5.91 Å². The van der Waals surface area contributed by atoms with Gasteiger partial charge < -0.3 is 5.32 Å². The Labute approximate surface area is 115 Å². The van der Waals surface area contributed by atoms with Gasteiger partial charge in [-0.25, -0.2) is 0 Å². The summed E-state index contributed by atoms with van der Waals surface area (Å²) < 4.78 is 38.2. The highest BCUT2D eigenvalue weighted by Crippen LogP contribution is 2.27. The van der Waals surface area contributed by atoms with Crippen LogP contribution in [0.2, 0.25) is 0 Å². The van der Waals surface area contributed by atoms with E-state index in [4.69, 9.17) is 0 Å². The van der Waals surface area contributed by atoms with E-state index in [0.717, 1.165) is 30.0 Å². The molecule has 0 bridgehead atoms. The SMILES string of the molecule is C[C@H]1CCCC[C@H]1NC(=O)Cn1ccc(C(F)(F)F)n1. The minimum atomic E-state index is -4.47. The topological polar surface area (TPSA) is 46.9 Å². The van der Waals surface area contributed by atoms with Crippen LogP contribution in [0.1, 0.15) is 38.3 Å². The van der Waals surface area contributed by atoms with Gasteiger partial charge in [0.05, 0.1) is 0 Å². The van der Waals surface area contributed by atoms with Gasteiger partial charge in [0.1, 0.15) is 6.54 Å². The third-order valence-corrected chi connectivity index (χ3v) is 3.69. The summed E-state index contributed by atoms with van der Waals surface area (Å²) in [5, 5.41) is 6.25. The van der Waals surface area contributed by atoms with Crippen LogP contribution in [0.15, 0.2) is 12.3 Å². The van der Waals surface area contributed by atoms with E-state index in [0.29, 0.717) is 5.92 Å². The average Bonchev–Trinajstić information content (AvgIpc) is 2.80. The largest absolute Gasteiger partial charge is 0.435 e. The Morgan fingerprint density at radius 1 is 1.45 bits per heavy atom. The fraction of sp³-hybridized carbons (Fsp3) is 0.692. The number of halogens is 3. The molecule has 1 N–H and O–H groups in total. The number of alkyl halides is 3. The molecule has 0 saturated heterocycles. The second-order valence-electron chi connectivity index (χ2n) is 5.33. The zero-order valence-electron chi connectivity index (χ0n) is 11.3. The summed E-state index contributed by atoms with van der Waals surface area (Å²) in [6, 6.07) is 0.991. The minimum Gasteiger partial charge on any atom is -0.351 e. The summed E-state index contributed by atoms with van der Waals surface area (Å²) in [4.78, 5) is 11.8. The summed E-state index contributed by atoms with van der Waals surface area (Å²) in [6.45, 7) is 1.90. The predicted octanol–water partition coefficient (Wildman–Crippen LogP) is 2.60. The first-order valence-electron chi connectivity index (χ1n) is 6.76. The number of amides is 1. The highest BCUT2D eigenvalue weighted by Gasteiger charge is 2.33. The Morgan fingerprint density at radius 3 is 2.75 bits per heavy atom. The van der Waals surface area contributed by atoms with Gasteiger partial charge in [0.2, 0.25) is 5.91 Å². The first-order valence-corrected chi connectivity index (χ1v) is 6.76. The number of rotatable bonds is 3. The van der Waals surface area contributed by atoms with E-state index in [2.05, 4.69) is 17.3 Å². The van der Waals surface area contributed by atoms with Crippen molar-refractivity contribution in [3.8, 4) is 0 Å². The van der Waals surface area contributed by atoms with Crippen LogP contribution in [0.4, 0.5) is 13.2 Å². The molecule has 20 heavy (non-hydrogen) atoms. The van der Waals surface area contributed by atoms with Crippen molar-refractivity contribution in [3.63, 3.8) is 0 Å². The molecule has 2 rings (SSSR count). The highest BCUT2D eigenvalue weighted by atomic mass is 19.4. The lowest BCUT2D eigenvalue weighted by Gasteiger charge is -2.29. The minimum absolute atomic E-state index is 0.119. The Morgan fingerprint density at radius 2 is 2.15 bits per heavy atom. The molecule has 7 heteroatoms. The fourth-order valence-corrected chi connectivity index (χ4v) is 2.53. The lowest BCUT2D eigenvalue weighted by atomic mass is 9.86. The maximum Gasteiger partial charge on any atom is 0.435 e. The molecule has 0 unspecified atom stereocenters. The molecule has 1 aliphatic rings. The van der Waals surface area contributed by atoms with Crippen molar-refractivity contribution in [1.82, 2.24) is 15.1 Å². The Balaban J connectivity index is 1.89.